The number of halogens is 1. The van der Waals surface area contributed by atoms with Gasteiger partial charge in [-0.05, 0) is 18.2 Å². The van der Waals surface area contributed by atoms with Crippen molar-refractivity contribution in [3.05, 3.63) is 33.2 Å². The minimum atomic E-state index is -0.270. The number of quaternary nitrogens is 1. The topological polar surface area (TPSA) is 39.6 Å². The standard InChI is InChI=1S/C16H23BrN2O2/c1-11(2)8-18(9-12(3)4)10-19-14-6-5-13(17)7-15(14)21-16(19)20/h5-7,11-12H,8-10H2,1-4H3/p+1. The molecule has 0 saturated heterocycles. The van der Waals surface area contributed by atoms with Crippen LogP contribution in [0.3, 0.4) is 0 Å². The molecule has 0 atom stereocenters. The molecule has 5 heteroatoms. The number of nitrogens with one attached hydrogen (secondary N) is 1. The Labute approximate surface area is 133 Å². The molecular formula is C16H24BrN2O2+. The molecule has 116 valence electrons. The van der Waals surface area contributed by atoms with Crippen molar-refractivity contribution in [2.75, 3.05) is 13.1 Å². The average molecular weight is 356 g/mol. The molecule has 0 aliphatic heterocycles. The lowest BCUT2D eigenvalue weighted by molar-refractivity contribution is -0.928. The largest absolute Gasteiger partial charge is 0.424 e. The smallest absolute Gasteiger partial charge is 0.408 e. The normalized spacial score (nSPS) is 12.2. The summed E-state index contributed by atoms with van der Waals surface area (Å²) in [5.74, 6) is 0.927. The third-order valence-corrected chi connectivity index (χ3v) is 3.90. The zero-order chi connectivity index (χ0) is 15.6. The first kappa shape index (κ1) is 16.3. The zero-order valence-electron chi connectivity index (χ0n) is 13.1. The zero-order valence-corrected chi connectivity index (χ0v) is 14.7. The van der Waals surface area contributed by atoms with E-state index < -0.39 is 0 Å². The van der Waals surface area contributed by atoms with Gasteiger partial charge in [0.05, 0.1) is 18.6 Å². The van der Waals surface area contributed by atoms with E-state index in [1.807, 2.05) is 18.2 Å². The fraction of sp³-hybridized carbons (Fsp3) is 0.562. The summed E-state index contributed by atoms with van der Waals surface area (Å²) < 4.78 is 8.03. The van der Waals surface area contributed by atoms with Crippen molar-refractivity contribution in [2.45, 2.75) is 34.4 Å². The van der Waals surface area contributed by atoms with Crippen molar-refractivity contribution in [1.82, 2.24) is 4.57 Å². The molecule has 0 spiro atoms. The lowest BCUT2D eigenvalue weighted by Gasteiger charge is -2.23. The SMILES string of the molecule is CC(C)C[NH+](CC(C)C)Cn1c(=O)oc2cc(Br)ccc21. The molecule has 1 aromatic heterocycles. The van der Waals surface area contributed by atoms with Gasteiger partial charge in [0.25, 0.3) is 0 Å². The van der Waals surface area contributed by atoms with E-state index in [2.05, 4.69) is 43.6 Å². The molecule has 1 aromatic carbocycles. The predicted molar refractivity (Wildman–Crippen MR) is 88.5 cm³/mol. The summed E-state index contributed by atoms with van der Waals surface area (Å²) in [4.78, 5) is 13.5. The maximum absolute atomic E-state index is 12.1. The number of hydrogen-bond donors (Lipinski definition) is 1. The van der Waals surface area contributed by atoms with E-state index in [9.17, 15) is 4.79 Å². The third-order valence-electron chi connectivity index (χ3n) is 3.41. The van der Waals surface area contributed by atoms with Crippen molar-refractivity contribution < 1.29 is 9.32 Å². The maximum Gasteiger partial charge on any atom is 0.424 e. The van der Waals surface area contributed by atoms with Gasteiger partial charge >= 0.3 is 5.76 Å². The van der Waals surface area contributed by atoms with Gasteiger partial charge in [-0.1, -0.05) is 43.6 Å². The van der Waals surface area contributed by atoms with Crippen molar-refractivity contribution in [1.29, 1.82) is 0 Å². The summed E-state index contributed by atoms with van der Waals surface area (Å²) in [6, 6.07) is 5.73. The first-order valence-electron chi connectivity index (χ1n) is 7.49. The summed E-state index contributed by atoms with van der Waals surface area (Å²) in [5.41, 5.74) is 1.51. The Bertz CT molecular complexity index is 648. The Morgan fingerprint density at radius 3 is 2.38 bits per heavy atom. The van der Waals surface area contributed by atoms with Gasteiger partial charge in [0.1, 0.15) is 0 Å². The van der Waals surface area contributed by atoms with Gasteiger partial charge in [-0.3, -0.25) is 0 Å². The van der Waals surface area contributed by atoms with E-state index >= 15 is 0 Å². The lowest BCUT2D eigenvalue weighted by Crippen LogP contribution is -3.12. The summed E-state index contributed by atoms with van der Waals surface area (Å²) in [6.07, 6.45) is 0. The molecule has 0 aliphatic carbocycles. The van der Waals surface area contributed by atoms with Crippen molar-refractivity contribution >= 4 is 27.0 Å². The fourth-order valence-electron chi connectivity index (χ4n) is 2.78. The van der Waals surface area contributed by atoms with E-state index in [0.29, 0.717) is 24.1 Å². The molecule has 0 bridgehead atoms. The van der Waals surface area contributed by atoms with Gasteiger partial charge in [0.15, 0.2) is 12.3 Å². The number of nitrogens with zero attached hydrogens (tertiary/aromatic N) is 1. The van der Waals surface area contributed by atoms with Gasteiger partial charge in [-0.15, -0.1) is 0 Å². The predicted octanol–water partition coefficient (Wildman–Crippen LogP) is 2.51. The molecular weight excluding hydrogens is 332 g/mol. The van der Waals surface area contributed by atoms with E-state index in [0.717, 1.165) is 23.1 Å². The fourth-order valence-corrected chi connectivity index (χ4v) is 3.12. The first-order valence-corrected chi connectivity index (χ1v) is 8.28. The molecule has 2 aromatic rings. The van der Waals surface area contributed by atoms with E-state index in [-0.39, 0.29) is 5.76 Å². The molecule has 0 amide bonds. The van der Waals surface area contributed by atoms with Crippen LogP contribution in [-0.2, 0) is 6.67 Å². The molecule has 0 aliphatic rings. The quantitative estimate of drug-likeness (QED) is 0.864. The second-order valence-electron chi connectivity index (χ2n) is 6.51. The van der Waals surface area contributed by atoms with E-state index in [4.69, 9.17) is 4.42 Å². The van der Waals surface area contributed by atoms with E-state index in [1.165, 1.54) is 4.90 Å². The van der Waals surface area contributed by atoms with Crippen molar-refractivity contribution in [3.63, 3.8) is 0 Å². The summed E-state index contributed by atoms with van der Waals surface area (Å²) >= 11 is 3.41. The number of fused-ring (bicyclic) bond motifs is 1. The highest BCUT2D eigenvalue weighted by Gasteiger charge is 2.18. The molecule has 4 nitrogen and oxygen atoms in total. The Hall–Kier alpha value is -1.07. The number of benzene rings is 1. The minimum absolute atomic E-state index is 0.270. The number of hydrogen-bond acceptors (Lipinski definition) is 2. The van der Waals surface area contributed by atoms with Crippen LogP contribution in [0.2, 0.25) is 0 Å². The van der Waals surface area contributed by atoms with Crippen molar-refractivity contribution in [2.24, 2.45) is 11.8 Å². The van der Waals surface area contributed by atoms with Crippen LogP contribution < -0.4 is 10.7 Å². The first-order chi connectivity index (χ1) is 9.86. The van der Waals surface area contributed by atoms with Gasteiger partial charge in [-0.2, -0.15) is 0 Å². The summed E-state index contributed by atoms with van der Waals surface area (Å²) in [7, 11) is 0. The highest BCUT2D eigenvalue weighted by Crippen LogP contribution is 2.18. The van der Waals surface area contributed by atoms with Crippen LogP contribution in [0.5, 0.6) is 0 Å². The monoisotopic (exact) mass is 355 g/mol. The van der Waals surface area contributed by atoms with Gasteiger partial charge in [0, 0.05) is 16.3 Å². The number of rotatable bonds is 6. The van der Waals surface area contributed by atoms with E-state index in [1.54, 1.807) is 4.57 Å². The Morgan fingerprint density at radius 2 is 1.81 bits per heavy atom. The number of oxazole rings is 1. The van der Waals surface area contributed by atoms with Crippen LogP contribution in [-0.4, -0.2) is 17.7 Å². The number of aromatic nitrogens is 1. The van der Waals surface area contributed by atoms with Crippen LogP contribution in [0.4, 0.5) is 0 Å². The molecule has 2 rings (SSSR count). The molecule has 0 radical (unpaired) electrons. The van der Waals surface area contributed by atoms with Crippen LogP contribution in [0.1, 0.15) is 27.7 Å². The van der Waals surface area contributed by atoms with Crippen LogP contribution in [0.25, 0.3) is 11.1 Å². The maximum atomic E-state index is 12.1. The molecule has 1 heterocycles. The van der Waals surface area contributed by atoms with Gasteiger partial charge < -0.3 is 9.32 Å². The molecule has 21 heavy (non-hydrogen) atoms. The van der Waals surface area contributed by atoms with Gasteiger partial charge in [0.2, 0.25) is 0 Å². The molecule has 0 saturated carbocycles. The van der Waals surface area contributed by atoms with Crippen LogP contribution in [0, 0.1) is 11.8 Å². The minimum Gasteiger partial charge on any atom is -0.408 e. The van der Waals surface area contributed by atoms with Crippen LogP contribution in [0.15, 0.2) is 31.9 Å². The molecule has 1 N–H and O–H groups in total. The Kier molecular flexibility index (Phi) is 5.27. The molecule has 0 fully saturated rings. The highest BCUT2D eigenvalue weighted by atomic mass is 79.9. The van der Waals surface area contributed by atoms with Gasteiger partial charge in [-0.25, -0.2) is 9.36 Å². The second kappa shape index (κ2) is 6.79. The lowest BCUT2D eigenvalue weighted by atomic mass is 10.1. The highest BCUT2D eigenvalue weighted by molar-refractivity contribution is 9.10. The Balaban J connectivity index is 2.31. The Morgan fingerprint density at radius 1 is 1.19 bits per heavy atom. The average Bonchev–Trinajstić information content (AvgIpc) is 2.63. The second-order valence-corrected chi connectivity index (χ2v) is 7.43. The molecule has 0 unspecified atom stereocenters. The summed E-state index contributed by atoms with van der Waals surface area (Å²) in [6.45, 7) is 11.6. The van der Waals surface area contributed by atoms with Crippen LogP contribution >= 0.6 is 15.9 Å². The summed E-state index contributed by atoms with van der Waals surface area (Å²) in [5, 5.41) is 0. The van der Waals surface area contributed by atoms with Crippen molar-refractivity contribution in [3.8, 4) is 0 Å². The third kappa shape index (κ3) is 4.20.